The number of aromatic nitrogens is 6. The normalized spacial score (nSPS) is 12.5. The lowest BCUT2D eigenvalue weighted by Gasteiger charge is -2.21. The Hall–Kier alpha value is -3.11. The van der Waals surface area contributed by atoms with Gasteiger partial charge in [-0.05, 0) is 43.7 Å². The fourth-order valence-corrected chi connectivity index (χ4v) is 4.35. The number of imidazole rings is 1. The molecule has 0 spiro atoms. The van der Waals surface area contributed by atoms with Gasteiger partial charge in [0.25, 0.3) is 0 Å². The van der Waals surface area contributed by atoms with E-state index in [1.807, 2.05) is 49.5 Å². The molecule has 5 aromatic rings. The van der Waals surface area contributed by atoms with Gasteiger partial charge in [-0.15, -0.1) is 0 Å². The van der Waals surface area contributed by atoms with Crippen LogP contribution in [-0.2, 0) is 6.54 Å². The molecule has 160 valence electrons. The molecule has 0 aliphatic rings. The summed E-state index contributed by atoms with van der Waals surface area (Å²) in [4.78, 5) is 17.5. The van der Waals surface area contributed by atoms with Crippen LogP contribution in [-0.4, -0.2) is 32.7 Å². The third-order valence-electron chi connectivity index (χ3n) is 5.45. The molecule has 7 nitrogen and oxygen atoms in total. The van der Waals surface area contributed by atoms with Gasteiger partial charge >= 0.3 is 0 Å². The van der Waals surface area contributed by atoms with Gasteiger partial charge in [-0.1, -0.05) is 36.4 Å². The van der Waals surface area contributed by atoms with E-state index in [9.17, 15) is 0 Å². The number of nitrogens with one attached hydrogen (secondary N) is 1. The summed E-state index contributed by atoms with van der Waals surface area (Å²) in [5.74, 6) is 0.883. The van der Waals surface area contributed by atoms with Crippen LogP contribution in [0.3, 0.4) is 0 Å². The molecule has 1 N–H and O–H groups in total. The summed E-state index contributed by atoms with van der Waals surface area (Å²) in [6, 6.07) is 20.7. The van der Waals surface area contributed by atoms with E-state index in [0.717, 1.165) is 39.8 Å². The zero-order valence-corrected chi connectivity index (χ0v) is 19.9. The molecule has 0 aliphatic carbocycles. The van der Waals surface area contributed by atoms with Gasteiger partial charge in [0.2, 0.25) is 0 Å². The van der Waals surface area contributed by atoms with Crippen molar-refractivity contribution in [2.24, 2.45) is 0 Å². The van der Waals surface area contributed by atoms with Crippen molar-refractivity contribution in [3.63, 3.8) is 0 Å². The first-order valence-corrected chi connectivity index (χ1v) is 11.3. The minimum Gasteiger partial charge on any atom is -0.339 e. The highest BCUT2D eigenvalue weighted by Crippen LogP contribution is 2.31. The quantitative estimate of drug-likeness (QED) is 0.233. The molecule has 0 saturated carbocycles. The maximum atomic E-state index is 4.99. The predicted octanol–water partition coefficient (Wildman–Crippen LogP) is 5.40. The van der Waals surface area contributed by atoms with Gasteiger partial charge in [0.05, 0.1) is 23.6 Å². The van der Waals surface area contributed by atoms with Gasteiger partial charge in [0, 0.05) is 46.4 Å². The molecular weight excluding hydrogens is 513 g/mol. The molecule has 0 amide bonds. The Morgan fingerprint density at radius 2 is 1.88 bits per heavy atom. The van der Waals surface area contributed by atoms with Crippen LogP contribution in [0.5, 0.6) is 0 Å². The summed E-state index contributed by atoms with van der Waals surface area (Å²) in [5.41, 5.74) is 6.62. The van der Waals surface area contributed by atoms with E-state index in [2.05, 4.69) is 72.2 Å². The van der Waals surface area contributed by atoms with E-state index in [1.165, 1.54) is 5.56 Å². The van der Waals surface area contributed by atoms with E-state index in [1.54, 1.807) is 10.8 Å². The van der Waals surface area contributed by atoms with Crippen LogP contribution in [0, 0.1) is 6.92 Å². The second-order valence-electron chi connectivity index (χ2n) is 7.70. The number of halogens is 1. The minimum atomic E-state index is 0.248. The maximum Gasteiger partial charge on any atom is 0.155 e. The number of aryl methyl sites for hydroxylation is 1. The summed E-state index contributed by atoms with van der Waals surface area (Å²) >= 11 is 2.38. The number of benzene rings is 1. The molecular formula is C24H22IN7. The van der Waals surface area contributed by atoms with Crippen LogP contribution < -0.4 is 0 Å². The highest BCUT2D eigenvalue weighted by Gasteiger charge is 2.20. The van der Waals surface area contributed by atoms with Crippen molar-refractivity contribution in [2.75, 3.05) is 0 Å². The Morgan fingerprint density at radius 3 is 2.69 bits per heavy atom. The lowest BCUT2D eigenvalue weighted by Crippen LogP contribution is -2.16. The monoisotopic (exact) mass is 535 g/mol. The van der Waals surface area contributed by atoms with Crippen molar-refractivity contribution >= 4 is 28.5 Å². The van der Waals surface area contributed by atoms with Gasteiger partial charge < -0.3 is 4.98 Å². The molecule has 4 heterocycles. The molecule has 0 radical (unpaired) electrons. The summed E-state index contributed by atoms with van der Waals surface area (Å²) < 4.78 is 4.02. The van der Waals surface area contributed by atoms with Gasteiger partial charge in [-0.3, -0.25) is 4.98 Å². The van der Waals surface area contributed by atoms with Crippen LogP contribution >= 0.6 is 22.9 Å². The Balaban J connectivity index is 1.53. The number of H-pyrrole nitrogens is 1. The molecule has 0 aliphatic heterocycles. The van der Waals surface area contributed by atoms with E-state index in [4.69, 9.17) is 9.97 Å². The largest absolute Gasteiger partial charge is 0.339 e. The molecule has 1 aromatic carbocycles. The molecule has 0 bridgehead atoms. The predicted molar refractivity (Wildman–Crippen MR) is 133 cm³/mol. The highest BCUT2D eigenvalue weighted by atomic mass is 127. The zero-order valence-electron chi connectivity index (χ0n) is 17.8. The van der Waals surface area contributed by atoms with Gasteiger partial charge in [-0.25, -0.2) is 17.6 Å². The first kappa shape index (κ1) is 20.8. The molecule has 32 heavy (non-hydrogen) atoms. The van der Waals surface area contributed by atoms with E-state index in [-0.39, 0.29) is 6.04 Å². The van der Waals surface area contributed by atoms with Crippen LogP contribution in [0.1, 0.15) is 30.0 Å². The topological polar surface area (TPSA) is 75.0 Å². The average Bonchev–Trinajstić information content (AvgIpc) is 3.45. The second-order valence-corrected chi connectivity index (χ2v) is 8.94. The standard InChI is InChI=1S/C24H22IN7/c1-16-7-6-10-20(28-16)24-23(19-11-12-22-26-15-27-32(22)13-19)29-21(30-24)14-31(25)17(2)18-8-4-3-5-9-18/h3-13,15,17H,14H2,1-2H3,(H,29,30)/t17-/m0/s1. The third-order valence-corrected chi connectivity index (χ3v) is 6.62. The number of hydrogen-bond donors (Lipinski definition) is 1. The van der Waals surface area contributed by atoms with Crippen molar-refractivity contribution in [1.29, 1.82) is 0 Å². The number of rotatable bonds is 6. The van der Waals surface area contributed by atoms with Crippen molar-refractivity contribution in [3.8, 4) is 22.6 Å². The summed E-state index contributed by atoms with van der Waals surface area (Å²) in [5, 5.41) is 4.28. The Bertz CT molecular complexity index is 1360. The Kier molecular flexibility index (Phi) is 5.71. The summed E-state index contributed by atoms with van der Waals surface area (Å²) in [6.07, 6.45) is 3.51. The van der Waals surface area contributed by atoms with Crippen molar-refractivity contribution in [2.45, 2.75) is 26.4 Å². The lowest BCUT2D eigenvalue weighted by atomic mass is 10.1. The van der Waals surface area contributed by atoms with Crippen LogP contribution in [0.4, 0.5) is 0 Å². The van der Waals surface area contributed by atoms with Gasteiger partial charge in [0.1, 0.15) is 12.2 Å². The number of hydrogen-bond acceptors (Lipinski definition) is 5. The third kappa shape index (κ3) is 4.15. The fraction of sp³-hybridized carbons (Fsp3) is 0.167. The molecule has 0 unspecified atom stereocenters. The molecule has 8 heteroatoms. The van der Waals surface area contributed by atoms with Gasteiger partial charge in [-0.2, -0.15) is 5.10 Å². The Labute approximate surface area is 200 Å². The number of pyridine rings is 2. The number of nitrogens with zero attached hydrogens (tertiary/aromatic N) is 6. The number of aromatic amines is 1. The average molecular weight is 535 g/mol. The SMILES string of the molecule is Cc1cccc(-c2[nH]c(CN(I)[C@@H](C)c3ccccc3)nc2-c2ccc3ncnn3c2)n1. The van der Waals surface area contributed by atoms with Crippen LogP contribution in [0.15, 0.2) is 73.2 Å². The maximum absolute atomic E-state index is 4.99. The van der Waals surface area contributed by atoms with Gasteiger partial charge in [0.15, 0.2) is 5.65 Å². The lowest BCUT2D eigenvalue weighted by molar-refractivity contribution is 0.403. The molecule has 5 rings (SSSR count). The number of fused-ring (bicyclic) bond motifs is 1. The molecule has 1 atom stereocenters. The van der Waals surface area contributed by atoms with Crippen molar-refractivity contribution in [3.05, 3.63) is 90.3 Å². The van der Waals surface area contributed by atoms with E-state index in [0.29, 0.717) is 6.54 Å². The smallest absolute Gasteiger partial charge is 0.155 e. The summed E-state index contributed by atoms with van der Waals surface area (Å²) in [7, 11) is 0. The highest BCUT2D eigenvalue weighted by molar-refractivity contribution is 14.1. The van der Waals surface area contributed by atoms with Crippen LogP contribution in [0.2, 0.25) is 0 Å². The fourth-order valence-electron chi connectivity index (χ4n) is 3.70. The van der Waals surface area contributed by atoms with Crippen molar-refractivity contribution < 1.29 is 0 Å². The second kappa shape index (κ2) is 8.79. The van der Waals surface area contributed by atoms with E-state index < -0.39 is 0 Å². The molecule has 0 fully saturated rings. The Morgan fingerprint density at radius 1 is 1.03 bits per heavy atom. The van der Waals surface area contributed by atoms with Crippen molar-refractivity contribution in [1.82, 2.24) is 32.7 Å². The molecule has 0 saturated heterocycles. The summed E-state index contributed by atoms with van der Waals surface area (Å²) in [6.45, 7) is 4.87. The zero-order chi connectivity index (χ0) is 22.1. The van der Waals surface area contributed by atoms with Crippen LogP contribution in [0.25, 0.3) is 28.3 Å². The minimum absolute atomic E-state index is 0.248. The first-order chi connectivity index (χ1) is 15.6. The first-order valence-electron chi connectivity index (χ1n) is 10.4. The molecule has 4 aromatic heterocycles. The van der Waals surface area contributed by atoms with E-state index >= 15 is 0 Å².